The number of nitrogens with one attached hydrogen (secondary N) is 1. The van der Waals surface area contributed by atoms with Gasteiger partial charge in [0.2, 0.25) is 10.0 Å². The number of rotatable bonds is 5. The zero-order valence-electron chi connectivity index (χ0n) is 9.74. The number of ether oxygens (including phenoxy) is 1. The Hall–Kier alpha value is -0.640. The minimum atomic E-state index is -4.78. The number of halogens is 4. The zero-order chi connectivity index (χ0) is 14.7. The van der Waals surface area contributed by atoms with Gasteiger partial charge >= 0.3 is 6.36 Å². The van der Waals surface area contributed by atoms with E-state index >= 15 is 0 Å². The van der Waals surface area contributed by atoms with Crippen LogP contribution in [0.2, 0.25) is 0 Å². The number of hydrogen-bond donors (Lipinski definition) is 1. The molecule has 1 aromatic carbocycles. The summed E-state index contributed by atoms with van der Waals surface area (Å²) < 4.78 is 65.4. The molecule has 1 unspecified atom stereocenters. The van der Waals surface area contributed by atoms with E-state index in [1.54, 1.807) is 6.07 Å². The van der Waals surface area contributed by atoms with Gasteiger partial charge in [-0.1, -0.05) is 22.0 Å². The molecular formula is C10H11BrF3NO3S. The Balaban J connectivity index is 2.70. The molecule has 4 nitrogen and oxygen atoms in total. The summed E-state index contributed by atoms with van der Waals surface area (Å²) in [5.74, 6) is 0. The first-order chi connectivity index (χ1) is 8.60. The van der Waals surface area contributed by atoms with Gasteiger partial charge in [-0.15, -0.1) is 13.2 Å². The van der Waals surface area contributed by atoms with Gasteiger partial charge in [0.05, 0.1) is 11.5 Å². The van der Waals surface area contributed by atoms with E-state index in [0.717, 1.165) is 0 Å². The van der Waals surface area contributed by atoms with Gasteiger partial charge in [0.25, 0.3) is 0 Å². The van der Waals surface area contributed by atoms with Crippen molar-refractivity contribution in [3.05, 3.63) is 28.7 Å². The third kappa shape index (κ3) is 5.89. The summed E-state index contributed by atoms with van der Waals surface area (Å²) in [5.41, 5.74) is 0. The Morgan fingerprint density at radius 1 is 1.42 bits per heavy atom. The molecule has 1 rings (SSSR count). The number of benzene rings is 1. The van der Waals surface area contributed by atoms with Gasteiger partial charge in [-0.05, 0) is 25.1 Å². The average Bonchev–Trinajstić information content (AvgIpc) is 2.25. The van der Waals surface area contributed by atoms with Crippen molar-refractivity contribution in [1.29, 1.82) is 0 Å². The van der Waals surface area contributed by atoms with E-state index in [-0.39, 0.29) is 4.90 Å². The van der Waals surface area contributed by atoms with Crippen LogP contribution in [0.25, 0.3) is 0 Å². The summed E-state index contributed by atoms with van der Waals surface area (Å²) in [6.07, 6.45) is -4.78. The van der Waals surface area contributed by atoms with Gasteiger partial charge in [-0.3, -0.25) is 4.74 Å². The van der Waals surface area contributed by atoms with Crippen LogP contribution in [0.1, 0.15) is 6.92 Å². The standard InChI is InChI=1S/C10H11BrF3NO3S/c1-7(6-18-10(12,13)14)15-19(16,17)9-4-2-3-8(11)5-9/h2-5,7,15H,6H2,1H3. The van der Waals surface area contributed by atoms with Crippen molar-refractivity contribution in [3.8, 4) is 0 Å². The van der Waals surface area contributed by atoms with E-state index in [9.17, 15) is 21.6 Å². The second-order valence-corrected chi connectivity index (χ2v) is 6.37. The molecule has 1 atom stereocenters. The molecule has 0 amide bonds. The molecule has 1 N–H and O–H groups in total. The van der Waals surface area contributed by atoms with Crippen LogP contribution in [0.5, 0.6) is 0 Å². The van der Waals surface area contributed by atoms with Crippen molar-refractivity contribution in [3.63, 3.8) is 0 Å². The van der Waals surface area contributed by atoms with Crippen LogP contribution in [0.3, 0.4) is 0 Å². The lowest BCUT2D eigenvalue weighted by atomic mass is 10.4. The van der Waals surface area contributed by atoms with E-state index < -0.39 is 29.0 Å². The second kappa shape index (κ2) is 6.21. The van der Waals surface area contributed by atoms with Gasteiger partial charge in [-0.25, -0.2) is 13.1 Å². The Morgan fingerprint density at radius 2 is 2.05 bits per heavy atom. The lowest BCUT2D eigenvalue weighted by Gasteiger charge is -2.15. The molecule has 1 aromatic rings. The highest BCUT2D eigenvalue weighted by atomic mass is 79.9. The lowest BCUT2D eigenvalue weighted by Crippen LogP contribution is -2.37. The molecule has 0 saturated heterocycles. The quantitative estimate of drug-likeness (QED) is 0.876. The molecule has 0 radical (unpaired) electrons. The predicted molar refractivity (Wildman–Crippen MR) is 65.9 cm³/mol. The maximum Gasteiger partial charge on any atom is 0.522 e. The van der Waals surface area contributed by atoms with Crippen LogP contribution in [0, 0.1) is 0 Å². The first-order valence-electron chi connectivity index (χ1n) is 5.09. The summed E-state index contributed by atoms with van der Waals surface area (Å²) in [4.78, 5) is -0.0410. The molecule has 0 saturated carbocycles. The van der Waals surface area contributed by atoms with Gasteiger partial charge in [0.1, 0.15) is 0 Å². The molecule has 0 aliphatic rings. The fourth-order valence-corrected chi connectivity index (χ4v) is 3.05. The molecule has 0 aliphatic carbocycles. The van der Waals surface area contributed by atoms with Crippen molar-refractivity contribution in [1.82, 2.24) is 4.72 Å². The van der Waals surface area contributed by atoms with Crippen molar-refractivity contribution in [2.45, 2.75) is 24.2 Å². The fourth-order valence-electron chi connectivity index (χ4n) is 1.22. The van der Waals surface area contributed by atoms with E-state index in [1.165, 1.54) is 25.1 Å². The minimum Gasteiger partial charge on any atom is -0.290 e. The Morgan fingerprint density at radius 3 is 2.58 bits per heavy atom. The zero-order valence-corrected chi connectivity index (χ0v) is 12.1. The van der Waals surface area contributed by atoms with Crippen LogP contribution in [-0.2, 0) is 14.8 Å². The number of hydrogen-bond acceptors (Lipinski definition) is 3. The highest BCUT2D eigenvalue weighted by Gasteiger charge is 2.30. The van der Waals surface area contributed by atoms with Crippen LogP contribution in [0.15, 0.2) is 33.6 Å². The van der Waals surface area contributed by atoms with E-state index in [1.807, 2.05) is 0 Å². The molecule has 0 bridgehead atoms. The summed E-state index contributed by atoms with van der Waals surface area (Å²) >= 11 is 3.11. The molecule has 0 heterocycles. The van der Waals surface area contributed by atoms with Gasteiger partial charge in [-0.2, -0.15) is 0 Å². The molecular weight excluding hydrogens is 351 g/mol. The SMILES string of the molecule is CC(COC(F)(F)F)NS(=O)(=O)c1cccc(Br)c1. The first-order valence-corrected chi connectivity index (χ1v) is 7.36. The maximum absolute atomic E-state index is 11.9. The van der Waals surface area contributed by atoms with E-state index in [0.29, 0.717) is 4.47 Å². The van der Waals surface area contributed by atoms with Crippen molar-refractivity contribution in [2.24, 2.45) is 0 Å². The third-order valence-corrected chi connectivity index (χ3v) is 4.04. The van der Waals surface area contributed by atoms with Gasteiger partial charge in [0.15, 0.2) is 0 Å². The predicted octanol–water partition coefficient (Wildman–Crippen LogP) is 2.65. The van der Waals surface area contributed by atoms with Crippen molar-refractivity contribution < 1.29 is 26.3 Å². The summed E-state index contributed by atoms with van der Waals surface area (Å²) in [5, 5.41) is 0. The topological polar surface area (TPSA) is 55.4 Å². The third-order valence-electron chi connectivity index (χ3n) is 1.96. The number of sulfonamides is 1. The molecule has 9 heteroatoms. The van der Waals surface area contributed by atoms with Crippen molar-refractivity contribution in [2.75, 3.05) is 6.61 Å². The highest BCUT2D eigenvalue weighted by Crippen LogP contribution is 2.18. The van der Waals surface area contributed by atoms with Crippen LogP contribution in [0.4, 0.5) is 13.2 Å². The summed E-state index contributed by atoms with van der Waals surface area (Å²) in [6.45, 7) is 0.484. The highest BCUT2D eigenvalue weighted by molar-refractivity contribution is 9.10. The van der Waals surface area contributed by atoms with Crippen molar-refractivity contribution >= 4 is 26.0 Å². The average molecular weight is 362 g/mol. The normalized spacial score (nSPS) is 14.4. The molecule has 0 fully saturated rings. The smallest absolute Gasteiger partial charge is 0.290 e. The largest absolute Gasteiger partial charge is 0.522 e. The monoisotopic (exact) mass is 361 g/mol. The Labute approximate surface area is 117 Å². The molecule has 0 aliphatic heterocycles. The summed E-state index contributed by atoms with van der Waals surface area (Å²) in [7, 11) is -3.88. The lowest BCUT2D eigenvalue weighted by molar-refractivity contribution is -0.325. The van der Waals surface area contributed by atoms with Gasteiger partial charge < -0.3 is 0 Å². The van der Waals surface area contributed by atoms with E-state index in [2.05, 4.69) is 25.4 Å². The summed E-state index contributed by atoms with van der Waals surface area (Å²) in [6, 6.07) is 4.82. The maximum atomic E-state index is 11.9. The van der Waals surface area contributed by atoms with Gasteiger partial charge in [0, 0.05) is 10.5 Å². The fraction of sp³-hybridized carbons (Fsp3) is 0.400. The molecule has 19 heavy (non-hydrogen) atoms. The minimum absolute atomic E-state index is 0.0410. The van der Waals surface area contributed by atoms with Crippen LogP contribution < -0.4 is 4.72 Å². The number of alkyl halides is 3. The van der Waals surface area contributed by atoms with E-state index in [4.69, 9.17) is 0 Å². The Bertz CT molecular complexity index is 533. The molecule has 108 valence electrons. The first kappa shape index (κ1) is 16.4. The molecule has 0 aromatic heterocycles. The Kier molecular flexibility index (Phi) is 5.36. The van der Waals surface area contributed by atoms with Crippen LogP contribution in [-0.4, -0.2) is 27.4 Å². The second-order valence-electron chi connectivity index (χ2n) is 3.74. The molecule has 0 spiro atoms. The van der Waals surface area contributed by atoms with Crippen LogP contribution >= 0.6 is 15.9 Å².